The zero-order chi connectivity index (χ0) is 39.2. The number of rotatable bonds is 5. The second-order valence-corrected chi connectivity index (χ2v) is 17.2. The van der Waals surface area contributed by atoms with E-state index in [0.717, 1.165) is 39.1 Å². The Kier molecular flexibility index (Phi) is 7.61. The third-order valence-corrected chi connectivity index (χ3v) is 12.6. The molecule has 280 valence electrons. The van der Waals surface area contributed by atoms with Crippen molar-refractivity contribution in [1.29, 1.82) is 0 Å². The van der Waals surface area contributed by atoms with Gasteiger partial charge in [-0.15, -0.1) is 0 Å². The van der Waals surface area contributed by atoms with Crippen LogP contribution in [-0.2, 0) is 10.8 Å². The van der Waals surface area contributed by atoms with Crippen LogP contribution < -0.4 is 0 Å². The topological polar surface area (TPSA) is 48.5 Å². The molecule has 0 saturated carbocycles. The maximum absolute atomic E-state index is 5.26. The summed E-state index contributed by atoms with van der Waals surface area (Å²) in [5.41, 5.74) is 12.8. The third-order valence-electron chi connectivity index (χ3n) is 12.6. The lowest BCUT2D eigenvalue weighted by Crippen LogP contribution is -2.33. The SMILES string of the molecule is CC1(C)CCC(C)(C)c2cc3c(cc21)c1ccccc1n3-c1cccc(-c2nc(-c3ccccc3)nc(-c3ccc4c5ccccc5n(-c5ccccc5)c4c3)n2)c1. The number of hydrogen-bond donors (Lipinski definition) is 0. The second kappa shape index (κ2) is 12.8. The maximum Gasteiger partial charge on any atom is 0.164 e. The molecule has 0 bridgehead atoms. The van der Waals surface area contributed by atoms with Gasteiger partial charge in [0.25, 0.3) is 0 Å². The minimum atomic E-state index is 0.0930. The number of nitrogens with zero attached hydrogens (tertiary/aromatic N) is 5. The number of aromatic nitrogens is 5. The molecule has 0 amide bonds. The van der Waals surface area contributed by atoms with E-state index in [0.29, 0.717) is 17.5 Å². The molecule has 5 nitrogen and oxygen atoms in total. The van der Waals surface area contributed by atoms with Gasteiger partial charge in [0, 0.05) is 49.6 Å². The van der Waals surface area contributed by atoms with Gasteiger partial charge in [-0.1, -0.05) is 137 Å². The molecule has 0 saturated heterocycles. The van der Waals surface area contributed by atoms with E-state index in [2.05, 4.69) is 182 Å². The van der Waals surface area contributed by atoms with E-state index in [-0.39, 0.29) is 10.8 Å². The molecule has 3 aromatic heterocycles. The van der Waals surface area contributed by atoms with Crippen molar-refractivity contribution >= 4 is 43.6 Å². The van der Waals surface area contributed by atoms with Crippen LogP contribution >= 0.6 is 0 Å². The van der Waals surface area contributed by atoms with Gasteiger partial charge in [0.2, 0.25) is 0 Å². The van der Waals surface area contributed by atoms with E-state index in [1.165, 1.54) is 56.5 Å². The van der Waals surface area contributed by atoms with Crippen LogP contribution in [0.5, 0.6) is 0 Å². The molecule has 5 heteroatoms. The summed E-state index contributed by atoms with van der Waals surface area (Å²) in [5.74, 6) is 1.91. The van der Waals surface area contributed by atoms with Crippen molar-refractivity contribution in [2.24, 2.45) is 0 Å². The second-order valence-electron chi connectivity index (χ2n) is 17.2. The Morgan fingerprint density at radius 3 is 1.50 bits per heavy atom. The molecule has 0 spiro atoms. The van der Waals surface area contributed by atoms with E-state index in [4.69, 9.17) is 15.0 Å². The van der Waals surface area contributed by atoms with Crippen LogP contribution in [0, 0.1) is 0 Å². The predicted octanol–water partition coefficient (Wildman–Crippen LogP) is 13.4. The van der Waals surface area contributed by atoms with Gasteiger partial charge in [-0.2, -0.15) is 0 Å². The van der Waals surface area contributed by atoms with Gasteiger partial charge in [-0.3, -0.25) is 0 Å². The molecule has 1 aliphatic rings. The molecular formula is C53H43N5. The quantitative estimate of drug-likeness (QED) is 0.176. The lowest BCUT2D eigenvalue weighted by atomic mass is 9.63. The summed E-state index contributed by atoms with van der Waals surface area (Å²) in [6.45, 7) is 9.62. The summed E-state index contributed by atoms with van der Waals surface area (Å²) >= 11 is 0. The molecule has 0 fully saturated rings. The van der Waals surface area contributed by atoms with Gasteiger partial charge < -0.3 is 9.13 Å². The highest BCUT2D eigenvalue weighted by Gasteiger charge is 2.38. The van der Waals surface area contributed by atoms with E-state index in [1.807, 2.05) is 18.2 Å². The van der Waals surface area contributed by atoms with Crippen molar-refractivity contribution in [3.8, 4) is 45.5 Å². The molecule has 10 aromatic rings. The smallest absolute Gasteiger partial charge is 0.164 e. The molecule has 58 heavy (non-hydrogen) atoms. The van der Waals surface area contributed by atoms with Crippen molar-refractivity contribution in [2.75, 3.05) is 0 Å². The van der Waals surface area contributed by atoms with Crippen LogP contribution in [-0.4, -0.2) is 24.1 Å². The minimum absolute atomic E-state index is 0.0930. The predicted molar refractivity (Wildman–Crippen MR) is 240 cm³/mol. The van der Waals surface area contributed by atoms with Gasteiger partial charge in [0.1, 0.15) is 0 Å². The van der Waals surface area contributed by atoms with Gasteiger partial charge in [-0.05, 0) is 89.4 Å². The van der Waals surface area contributed by atoms with Gasteiger partial charge in [-0.25, -0.2) is 15.0 Å². The average molecular weight is 750 g/mol. The molecule has 7 aromatic carbocycles. The van der Waals surface area contributed by atoms with Crippen LogP contribution in [0.25, 0.3) is 89.2 Å². The summed E-state index contributed by atoms with van der Waals surface area (Å²) in [6.07, 6.45) is 2.35. The molecular weight excluding hydrogens is 707 g/mol. The standard InChI is InChI=1S/C53H43N5/c1-52(2)28-29-53(3,4)44-33-48-42(32-43(44)52)40-23-12-14-25-46(40)58(48)38-21-15-18-35(30-38)50-54-49(34-16-7-5-8-17-34)55-51(56-50)36-26-27-41-39-22-11-13-24-45(39)57(47(41)31-36)37-19-9-6-10-20-37/h5-27,30-33H,28-29H2,1-4H3. The summed E-state index contributed by atoms with van der Waals surface area (Å²) in [7, 11) is 0. The fraction of sp³-hybridized carbons (Fsp3) is 0.151. The lowest BCUT2D eigenvalue weighted by molar-refractivity contribution is 0.332. The fourth-order valence-electron chi connectivity index (χ4n) is 9.41. The zero-order valence-corrected chi connectivity index (χ0v) is 33.2. The van der Waals surface area contributed by atoms with Crippen LogP contribution in [0.4, 0.5) is 0 Å². The first-order chi connectivity index (χ1) is 28.2. The van der Waals surface area contributed by atoms with E-state index in [1.54, 1.807) is 0 Å². The Bertz CT molecular complexity index is 3220. The zero-order valence-electron chi connectivity index (χ0n) is 33.2. The highest BCUT2D eigenvalue weighted by Crippen LogP contribution is 2.48. The third kappa shape index (κ3) is 5.41. The van der Waals surface area contributed by atoms with Crippen LogP contribution in [0.1, 0.15) is 51.7 Å². The molecule has 0 unspecified atom stereocenters. The van der Waals surface area contributed by atoms with Crippen LogP contribution in [0.15, 0.2) is 164 Å². The normalized spacial score (nSPS) is 14.7. The molecule has 0 N–H and O–H groups in total. The van der Waals surface area contributed by atoms with Gasteiger partial charge in [0.15, 0.2) is 17.5 Å². The van der Waals surface area contributed by atoms with Gasteiger partial charge in [0.05, 0.1) is 22.1 Å². The largest absolute Gasteiger partial charge is 0.309 e. The Labute approximate surface area is 338 Å². The highest BCUT2D eigenvalue weighted by molar-refractivity contribution is 6.11. The fourth-order valence-corrected chi connectivity index (χ4v) is 9.41. The number of fused-ring (bicyclic) bond motifs is 7. The Morgan fingerprint density at radius 1 is 0.362 bits per heavy atom. The van der Waals surface area contributed by atoms with Crippen molar-refractivity contribution in [3.05, 3.63) is 175 Å². The summed E-state index contributed by atoms with van der Waals surface area (Å²) < 4.78 is 4.77. The number of hydrogen-bond acceptors (Lipinski definition) is 3. The van der Waals surface area contributed by atoms with Crippen LogP contribution in [0.3, 0.4) is 0 Å². The Morgan fingerprint density at radius 2 is 0.828 bits per heavy atom. The molecule has 3 heterocycles. The summed E-state index contributed by atoms with van der Waals surface area (Å²) in [4.78, 5) is 15.6. The Hall–Kier alpha value is -6.85. The monoisotopic (exact) mass is 749 g/mol. The first-order valence-electron chi connectivity index (χ1n) is 20.3. The molecule has 0 radical (unpaired) electrons. The first-order valence-corrected chi connectivity index (χ1v) is 20.3. The van der Waals surface area contributed by atoms with Crippen molar-refractivity contribution in [3.63, 3.8) is 0 Å². The summed E-state index contributed by atoms with van der Waals surface area (Å²) in [5, 5.41) is 4.96. The summed E-state index contributed by atoms with van der Waals surface area (Å²) in [6, 6.07) is 58.5. The van der Waals surface area contributed by atoms with E-state index in [9.17, 15) is 0 Å². The molecule has 0 aliphatic heterocycles. The van der Waals surface area contributed by atoms with Crippen LogP contribution in [0.2, 0.25) is 0 Å². The van der Waals surface area contributed by atoms with Crippen molar-refractivity contribution in [1.82, 2.24) is 24.1 Å². The van der Waals surface area contributed by atoms with Crippen molar-refractivity contribution in [2.45, 2.75) is 51.4 Å². The average Bonchev–Trinajstić information content (AvgIpc) is 3.77. The lowest BCUT2D eigenvalue weighted by Gasteiger charge is -2.42. The number of benzene rings is 7. The Balaban J connectivity index is 1.11. The van der Waals surface area contributed by atoms with Gasteiger partial charge >= 0.3 is 0 Å². The molecule has 11 rings (SSSR count). The molecule has 1 aliphatic carbocycles. The minimum Gasteiger partial charge on any atom is -0.309 e. The van der Waals surface area contributed by atoms with E-state index >= 15 is 0 Å². The first kappa shape index (κ1) is 34.4. The number of para-hydroxylation sites is 3. The maximum atomic E-state index is 5.26. The van der Waals surface area contributed by atoms with E-state index < -0.39 is 0 Å². The molecule has 0 atom stereocenters. The van der Waals surface area contributed by atoms with Crippen molar-refractivity contribution < 1.29 is 0 Å². The highest BCUT2D eigenvalue weighted by atomic mass is 15.0.